The van der Waals surface area contributed by atoms with Crippen molar-refractivity contribution in [2.24, 2.45) is 0 Å². The van der Waals surface area contributed by atoms with Crippen LogP contribution in [-0.2, 0) is 9.59 Å². The van der Waals surface area contributed by atoms with E-state index < -0.39 is 25.0 Å². The van der Waals surface area contributed by atoms with Gasteiger partial charge in [0.05, 0.1) is 6.54 Å². The van der Waals surface area contributed by atoms with Crippen LogP contribution < -0.4 is 10.6 Å². The molecular formula is C8H14F2N2O3. The van der Waals surface area contributed by atoms with Crippen molar-refractivity contribution in [1.82, 2.24) is 10.6 Å². The summed E-state index contributed by atoms with van der Waals surface area (Å²) in [5.74, 6) is -4.19. The fourth-order valence-corrected chi connectivity index (χ4v) is 0.724. The molecule has 88 valence electrons. The number of alkyl halides is 2. The van der Waals surface area contributed by atoms with Crippen molar-refractivity contribution in [3.05, 3.63) is 0 Å². The third-order valence-electron chi connectivity index (χ3n) is 1.50. The third-order valence-corrected chi connectivity index (χ3v) is 1.50. The molecule has 15 heavy (non-hydrogen) atoms. The van der Waals surface area contributed by atoms with E-state index in [0.29, 0.717) is 0 Å². The summed E-state index contributed by atoms with van der Waals surface area (Å²) in [7, 11) is 0. The zero-order valence-corrected chi connectivity index (χ0v) is 8.35. The molecule has 0 fully saturated rings. The SMILES string of the molecule is CC(=O)NCCC(=O)NCC(F)(F)CO. The van der Waals surface area contributed by atoms with Gasteiger partial charge in [-0.2, -0.15) is 0 Å². The van der Waals surface area contributed by atoms with Crippen LogP contribution in [0, 0.1) is 0 Å². The molecule has 5 nitrogen and oxygen atoms in total. The van der Waals surface area contributed by atoms with Gasteiger partial charge in [-0.05, 0) is 0 Å². The standard InChI is InChI=1S/C8H14F2N2O3/c1-6(14)11-3-2-7(15)12-4-8(9,10)5-13/h13H,2-5H2,1H3,(H,11,14)(H,12,15). The Labute approximate surface area is 85.8 Å². The van der Waals surface area contributed by atoms with Crippen LogP contribution >= 0.6 is 0 Å². The maximum Gasteiger partial charge on any atom is 0.287 e. The predicted octanol–water partition coefficient (Wildman–Crippen LogP) is -0.744. The van der Waals surface area contributed by atoms with E-state index in [1.54, 1.807) is 0 Å². The van der Waals surface area contributed by atoms with Crippen molar-refractivity contribution in [3.8, 4) is 0 Å². The number of aliphatic hydroxyl groups excluding tert-OH is 1. The summed E-state index contributed by atoms with van der Waals surface area (Å²) < 4.78 is 24.9. The van der Waals surface area contributed by atoms with Crippen LogP contribution in [-0.4, -0.2) is 42.5 Å². The van der Waals surface area contributed by atoms with Crippen molar-refractivity contribution < 1.29 is 23.5 Å². The topological polar surface area (TPSA) is 78.4 Å². The molecule has 0 saturated heterocycles. The number of aliphatic hydroxyl groups is 1. The molecule has 0 aromatic heterocycles. The minimum absolute atomic E-state index is 0.0684. The average molecular weight is 224 g/mol. The van der Waals surface area contributed by atoms with Crippen LogP contribution in [0.1, 0.15) is 13.3 Å². The van der Waals surface area contributed by atoms with E-state index in [4.69, 9.17) is 5.11 Å². The number of amides is 2. The van der Waals surface area contributed by atoms with E-state index in [1.807, 2.05) is 5.32 Å². The minimum atomic E-state index is -3.30. The molecule has 0 spiro atoms. The van der Waals surface area contributed by atoms with Crippen molar-refractivity contribution >= 4 is 11.8 Å². The normalized spacial score (nSPS) is 10.9. The zero-order chi connectivity index (χ0) is 11.9. The first-order valence-electron chi connectivity index (χ1n) is 4.37. The Kier molecular flexibility index (Phi) is 5.76. The highest BCUT2D eigenvalue weighted by Crippen LogP contribution is 2.09. The van der Waals surface area contributed by atoms with Gasteiger partial charge < -0.3 is 15.7 Å². The second-order valence-corrected chi connectivity index (χ2v) is 3.02. The van der Waals surface area contributed by atoms with E-state index >= 15 is 0 Å². The Balaban J connectivity index is 3.62. The molecule has 0 aliphatic heterocycles. The van der Waals surface area contributed by atoms with E-state index in [1.165, 1.54) is 6.92 Å². The molecule has 0 radical (unpaired) electrons. The highest BCUT2D eigenvalue weighted by molar-refractivity contribution is 5.77. The first kappa shape index (κ1) is 13.8. The molecule has 3 N–H and O–H groups in total. The molecule has 0 aromatic carbocycles. The number of rotatable bonds is 6. The van der Waals surface area contributed by atoms with Gasteiger partial charge in [0.1, 0.15) is 6.61 Å². The van der Waals surface area contributed by atoms with Gasteiger partial charge in [0, 0.05) is 19.9 Å². The number of hydrogen-bond acceptors (Lipinski definition) is 3. The molecule has 0 heterocycles. The molecule has 0 aliphatic rings. The third kappa shape index (κ3) is 7.80. The van der Waals surface area contributed by atoms with Crippen LogP contribution in [0.4, 0.5) is 8.78 Å². The lowest BCUT2D eigenvalue weighted by molar-refractivity contribution is -0.124. The van der Waals surface area contributed by atoms with E-state index in [-0.39, 0.29) is 18.9 Å². The van der Waals surface area contributed by atoms with Gasteiger partial charge in [-0.25, -0.2) is 8.78 Å². The number of halogens is 2. The van der Waals surface area contributed by atoms with Crippen LogP contribution in [0.15, 0.2) is 0 Å². The lowest BCUT2D eigenvalue weighted by Gasteiger charge is -2.13. The lowest BCUT2D eigenvalue weighted by atomic mass is 10.3. The zero-order valence-electron chi connectivity index (χ0n) is 8.35. The largest absolute Gasteiger partial charge is 0.390 e. The van der Waals surface area contributed by atoms with Gasteiger partial charge in [0.25, 0.3) is 5.92 Å². The van der Waals surface area contributed by atoms with E-state index in [0.717, 1.165) is 0 Å². The van der Waals surface area contributed by atoms with Crippen LogP contribution in [0.2, 0.25) is 0 Å². The van der Waals surface area contributed by atoms with Gasteiger partial charge in [-0.15, -0.1) is 0 Å². The predicted molar refractivity (Wildman–Crippen MR) is 48.3 cm³/mol. The quantitative estimate of drug-likeness (QED) is 0.556. The summed E-state index contributed by atoms with van der Waals surface area (Å²) in [6.07, 6.45) is -0.0684. The van der Waals surface area contributed by atoms with Gasteiger partial charge in [0.2, 0.25) is 11.8 Å². The van der Waals surface area contributed by atoms with Crippen LogP contribution in [0.25, 0.3) is 0 Å². The highest BCUT2D eigenvalue weighted by Gasteiger charge is 2.27. The summed E-state index contributed by atoms with van der Waals surface area (Å²) in [5, 5.41) is 12.5. The molecule has 0 aromatic rings. The molecule has 0 atom stereocenters. The van der Waals surface area contributed by atoms with Gasteiger partial charge in [-0.1, -0.05) is 0 Å². The summed E-state index contributed by atoms with van der Waals surface area (Å²) in [5.41, 5.74) is 0. The second kappa shape index (κ2) is 6.28. The fraction of sp³-hybridized carbons (Fsp3) is 0.750. The molecule has 0 aliphatic carbocycles. The van der Waals surface area contributed by atoms with Crippen molar-refractivity contribution in [2.75, 3.05) is 19.7 Å². The first-order chi connectivity index (χ1) is 6.87. The maximum atomic E-state index is 12.4. The molecule has 0 saturated carbocycles. The van der Waals surface area contributed by atoms with Crippen LogP contribution in [0.5, 0.6) is 0 Å². The van der Waals surface area contributed by atoms with E-state index in [9.17, 15) is 18.4 Å². The Hall–Kier alpha value is -1.24. The summed E-state index contributed by atoms with van der Waals surface area (Å²) in [6, 6.07) is 0. The Morgan fingerprint density at radius 3 is 2.40 bits per heavy atom. The van der Waals surface area contributed by atoms with Crippen LogP contribution in [0.3, 0.4) is 0 Å². The summed E-state index contributed by atoms with van der Waals surface area (Å²) in [6.45, 7) is -0.814. The Bertz CT molecular complexity index is 234. The number of nitrogens with one attached hydrogen (secondary N) is 2. The fourth-order valence-electron chi connectivity index (χ4n) is 0.724. The van der Waals surface area contributed by atoms with Crippen molar-refractivity contribution in [2.45, 2.75) is 19.3 Å². The number of hydrogen-bond donors (Lipinski definition) is 3. The lowest BCUT2D eigenvalue weighted by Crippen LogP contribution is -2.40. The molecule has 7 heteroatoms. The number of carbonyl (C=O) groups excluding carboxylic acids is 2. The second-order valence-electron chi connectivity index (χ2n) is 3.02. The van der Waals surface area contributed by atoms with Gasteiger partial charge in [0.15, 0.2) is 0 Å². The molecule has 0 unspecified atom stereocenters. The smallest absolute Gasteiger partial charge is 0.287 e. The molecule has 0 bridgehead atoms. The summed E-state index contributed by atoms with van der Waals surface area (Å²) in [4.78, 5) is 21.3. The molecule has 2 amide bonds. The maximum absolute atomic E-state index is 12.4. The van der Waals surface area contributed by atoms with Gasteiger partial charge >= 0.3 is 0 Å². The minimum Gasteiger partial charge on any atom is -0.390 e. The average Bonchev–Trinajstić information content (AvgIpc) is 2.14. The van der Waals surface area contributed by atoms with Crippen molar-refractivity contribution in [1.29, 1.82) is 0 Å². The summed E-state index contributed by atoms with van der Waals surface area (Å²) >= 11 is 0. The van der Waals surface area contributed by atoms with Crippen molar-refractivity contribution in [3.63, 3.8) is 0 Å². The molecule has 0 rings (SSSR count). The van der Waals surface area contributed by atoms with E-state index in [2.05, 4.69) is 5.32 Å². The molecular weight excluding hydrogens is 210 g/mol. The number of carbonyl (C=O) groups is 2. The highest BCUT2D eigenvalue weighted by atomic mass is 19.3. The Morgan fingerprint density at radius 2 is 1.93 bits per heavy atom. The first-order valence-corrected chi connectivity index (χ1v) is 4.37. The Morgan fingerprint density at radius 1 is 1.33 bits per heavy atom. The monoisotopic (exact) mass is 224 g/mol. The van der Waals surface area contributed by atoms with Gasteiger partial charge in [-0.3, -0.25) is 9.59 Å².